The fourth-order valence-corrected chi connectivity index (χ4v) is 4.67. The highest BCUT2D eigenvalue weighted by atomic mass is 35.5. The van der Waals surface area contributed by atoms with E-state index in [1.807, 2.05) is 52.4 Å². The van der Waals surface area contributed by atoms with Crippen LogP contribution in [0.15, 0.2) is 59.4 Å². The van der Waals surface area contributed by atoms with Gasteiger partial charge in [-0.05, 0) is 43.5 Å². The Bertz CT molecular complexity index is 1110. The van der Waals surface area contributed by atoms with Crippen LogP contribution in [-0.4, -0.2) is 48.1 Å². The maximum absolute atomic E-state index is 13.1. The summed E-state index contributed by atoms with van der Waals surface area (Å²) in [5.74, 6) is 0. The van der Waals surface area contributed by atoms with Crippen LogP contribution in [-0.2, 0) is 4.74 Å². The molecule has 0 radical (unpaired) electrons. The summed E-state index contributed by atoms with van der Waals surface area (Å²) in [4.78, 5) is 19.9. The van der Waals surface area contributed by atoms with E-state index in [1.54, 1.807) is 13.3 Å². The summed E-state index contributed by atoms with van der Waals surface area (Å²) in [6, 6.07) is 13.0. The summed E-state index contributed by atoms with van der Waals surface area (Å²) in [5.41, 5.74) is 6.95. The molecule has 2 aromatic rings. The van der Waals surface area contributed by atoms with Gasteiger partial charge in [0, 0.05) is 41.4 Å². The highest BCUT2D eigenvalue weighted by molar-refractivity contribution is 6.36. The first-order valence-electron chi connectivity index (χ1n) is 10.6. The minimum absolute atomic E-state index is 0.0917. The molecular weight excluding hydrogens is 449 g/mol. The third kappa shape index (κ3) is 3.75. The molecule has 3 aliphatic rings. The number of piperidine rings is 1. The Kier molecular flexibility index (Phi) is 5.82. The number of hydrogen-bond acceptors (Lipinski definition) is 5. The number of amides is 2. The van der Waals surface area contributed by atoms with Gasteiger partial charge in [0.1, 0.15) is 5.70 Å². The van der Waals surface area contributed by atoms with Crippen molar-refractivity contribution in [2.75, 3.05) is 25.2 Å². The first-order chi connectivity index (χ1) is 15.6. The monoisotopic (exact) mass is 471 g/mol. The second kappa shape index (κ2) is 8.75. The summed E-state index contributed by atoms with van der Waals surface area (Å²) >= 11 is 12.9. The highest BCUT2D eigenvalue weighted by Crippen LogP contribution is 2.37. The zero-order valence-corrected chi connectivity index (χ0v) is 19.1. The molecule has 3 heterocycles. The molecule has 1 N–H and O–H groups in total. The van der Waals surface area contributed by atoms with Gasteiger partial charge in [-0.25, -0.2) is 14.8 Å². The number of rotatable bonds is 2. The van der Waals surface area contributed by atoms with E-state index < -0.39 is 6.23 Å². The number of carbonyl (C=O) groups excluding carboxylic acids is 1. The highest BCUT2D eigenvalue weighted by Gasteiger charge is 2.37. The van der Waals surface area contributed by atoms with E-state index in [0.717, 1.165) is 49.2 Å². The maximum atomic E-state index is 13.1. The van der Waals surface area contributed by atoms with Gasteiger partial charge in [0.25, 0.3) is 0 Å². The Morgan fingerprint density at radius 1 is 1.09 bits per heavy atom. The fourth-order valence-electron chi connectivity index (χ4n) is 4.27. The molecule has 2 amide bonds. The van der Waals surface area contributed by atoms with Gasteiger partial charge >= 0.3 is 6.03 Å². The lowest BCUT2D eigenvalue weighted by Gasteiger charge is -2.31. The third-order valence-electron chi connectivity index (χ3n) is 5.87. The number of urea groups is 1. The zero-order chi connectivity index (χ0) is 22.2. The number of methoxy groups -OCH3 is 1. The molecule has 9 heteroatoms. The van der Waals surface area contributed by atoms with Crippen molar-refractivity contribution in [1.82, 2.24) is 15.4 Å². The minimum atomic E-state index is -0.654. The van der Waals surface area contributed by atoms with Gasteiger partial charge in [0.15, 0.2) is 6.23 Å². The number of ether oxygens (including phenoxy) is 1. The third-order valence-corrected chi connectivity index (χ3v) is 6.43. The van der Waals surface area contributed by atoms with Gasteiger partial charge in [-0.3, -0.25) is 5.01 Å². The van der Waals surface area contributed by atoms with E-state index in [9.17, 15) is 4.79 Å². The average molecular weight is 472 g/mol. The van der Waals surface area contributed by atoms with E-state index in [4.69, 9.17) is 32.9 Å². The Hall–Kier alpha value is -2.58. The number of halogens is 2. The number of benzene rings is 2. The number of nitrogens with one attached hydrogen (secondary N) is 1. The van der Waals surface area contributed by atoms with Crippen molar-refractivity contribution in [2.24, 2.45) is 4.99 Å². The molecule has 0 spiro atoms. The Morgan fingerprint density at radius 3 is 2.62 bits per heavy atom. The van der Waals surface area contributed by atoms with Gasteiger partial charge < -0.3 is 9.64 Å². The number of carbonyl (C=O) groups is 1. The molecule has 2 aromatic carbocycles. The van der Waals surface area contributed by atoms with Crippen LogP contribution in [0.3, 0.4) is 0 Å². The van der Waals surface area contributed by atoms with Crippen molar-refractivity contribution in [1.29, 1.82) is 0 Å². The predicted octanol–water partition coefficient (Wildman–Crippen LogP) is 4.81. The predicted molar refractivity (Wildman–Crippen MR) is 126 cm³/mol. The van der Waals surface area contributed by atoms with Crippen LogP contribution in [0.5, 0.6) is 0 Å². The maximum Gasteiger partial charge on any atom is 0.340 e. The molecule has 32 heavy (non-hydrogen) atoms. The zero-order valence-electron chi connectivity index (χ0n) is 17.6. The number of likely N-dealkylation sites (tertiary alicyclic amines) is 1. The minimum Gasteiger partial charge on any atom is -0.354 e. The second-order valence-corrected chi connectivity index (χ2v) is 8.74. The van der Waals surface area contributed by atoms with Crippen LogP contribution in [0, 0.1) is 0 Å². The molecule has 1 saturated heterocycles. The summed E-state index contributed by atoms with van der Waals surface area (Å²) in [6.07, 6.45) is 4.30. The van der Waals surface area contributed by atoms with Crippen molar-refractivity contribution < 1.29 is 9.53 Å². The summed E-state index contributed by atoms with van der Waals surface area (Å²) in [5, 5.41) is 4.49. The smallest absolute Gasteiger partial charge is 0.340 e. The number of fused-ring (bicyclic) bond motifs is 3. The molecule has 3 aliphatic heterocycles. The number of aliphatic imine (C=N–C) groups is 1. The van der Waals surface area contributed by atoms with Crippen LogP contribution < -0.4 is 10.5 Å². The fraction of sp³-hybridized carbons (Fsp3) is 0.304. The van der Waals surface area contributed by atoms with E-state index in [1.165, 1.54) is 5.01 Å². The van der Waals surface area contributed by atoms with E-state index in [0.29, 0.717) is 21.5 Å². The Morgan fingerprint density at radius 2 is 1.88 bits per heavy atom. The van der Waals surface area contributed by atoms with Gasteiger partial charge in [-0.2, -0.15) is 0 Å². The Balaban J connectivity index is 1.60. The molecule has 7 nitrogen and oxygen atoms in total. The van der Waals surface area contributed by atoms with Crippen molar-refractivity contribution in [3.63, 3.8) is 0 Å². The molecular formula is C23H23Cl2N5O2. The molecule has 1 atom stereocenters. The summed E-state index contributed by atoms with van der Waals surface area (Å²) in [6.45, 7) is 1.52. The lowest BCUT2D eigenvalue weighted by atomic mass is 10.0. The Labute approximate surface area is 196 Å². The van der Waals surface area contributed by atoms with Crippen LogP contribution >= 0.6 is 23.2 Å². The van der Waals surface area contributed by atoms with Crippen LogP contribution in [0.25, 0.3) is 0 Å². The van der Waals surface area contributed by atoms with Crippen molar-refractivity contribution in [3.8, 4) is 0 Å². The number of anilines is 1. The number of hydrazine groups is 2. The second-order valence-electron chi connectivity index (χ2n) is 7.90. The van der Waals surface area contributed by atoms with E-state index in [-0.39, 0.29) is 6.03 Å². The first-order valence-corrected chi connectivity index (χ1v) is 11.3. The normalized spacial score (nSPS) is 20.3. The quantitative estimate of drug-likeness (QED) is 0.682. The van der Waals surface area contributed by atoms with Crippen molar-refractivity contribution in [3.05, 3.63) is 75.5 Å². The SMILES string of the molecule is COC1N=C(c2ccccc2Cl)c2cc(Cl)ccc2N2NN(C(=O)N3CCCCC3)C=C12. The molecule has 0 bridgehead atoms. The van der Waals surface area contributed by atoms with E-state index in [2.05, 4.69) is 5.53 Å². The molecule has 1 fully saturated rings. The lowest BCUT2D eigenvalue weighted by Crippen LogP contribution is -2.50. The van der Waals surface area contributed by atoms with Gasteiger partial charge in [-0.15, -0.1) is 5.53 Å². The van der Waals surface area contributed by atoms with Crippen molar-refractivity contribution in [2.45, 2.75) is 25.5 Å². The standard InChI is InChI=1S/C23H23Cl2N5O2/c1-32-22-20-14-29(23(31)28-11-5-2-6-12-28)27-30(20)19-10-9-15(24)13-17(19)21(26-22)16-7-3-4-8-18(16)25/h3-4,7-10,13-14,22,27H,2,5-6,11-12H2,1H3. The van der Waals surface area contributed by atoms with E-state index >= 15 is 0 Å². The number of hydrogen-bond donors (Lipinski definition) is 1. The van der Waals surface area contributed by atoms with Crippen molar-refractivity contribution >= 4 is 40.6 Å². The molecule has 166 valence electrons. The largest absolute Gasteiger partial charge is 0.354 e. The first kappa shape index (κ1) is 21.3. The van der Waals surface area contributed by atoms with Crippen LogP contribution in [0.2, 0.25) is 10.0 Å². The number of nitrogens with zero attached hydrogens (tertiary/aromatic N) is 4. The summed E-state index contributed by atoms with van der Waals surface area (Å²) < 4.78 is 5.75. The summed E-state index contributed by atoms with van der Waals surface area (Å²) in [7, 11) is 1.59. The molecule has 1 unspecified atom stereocenters. The average Bonchev–Trinajstić information content (AvgIpc) is 3.21. The van der Waals surface area contributed by atoms with Gasteiger partial charge in [0.2, 0.25) is 0 Å². The topological polar surface area (TPSA) is 60.4 Å². The lowest BCUT2D eigenvalue weighted by molar-refractivity contribution is 0.137. The van der Waals surface area contributed by atoms with Gasteiger partial charge in [-0.1, -0.05) is 41.4 Å². The molecule has 0 saturated carbocycles. The van der Waals surface area contributed by atoms with Crippen LogP contribution in [0.1, 0.15) is 30.4 Å². The van der Waals surface area contributed by atoms with Gasteiger partial charge in [0.05, 0.1) is 17.6 Å². The molecule has 0 aliphatic carbocycles. The van der Waals surface area contributed by atoms with Crippen LogP contribution in [0.4, 0.5) is 10.5 Å². The molecule has 0 aromatic heterocycles. The molecule has 5 rings (SSSR count).